The summed E-state index contributed by atoms with van der Waals surface area (Å²) in [4.78, 5) is 29.0. The van der Waals surface area contributed by atoms with Gasteiger partial charge in [0.1, 0.15) is 12.6 Å². The summed E-state index contributed by atoms with van der Waals surface area (Å²) in [5.74, 6) is -0.693. The highest BCUT2D eigenvalue weighted by Gasteiger charge is 2.33. The number of hydrogen-bond donors (Lipinski definition) is 1. The maximum absolute atomic E-state index is 14.1. The summed E-state index contributed by atoms with van der Waals surface area (Å²) in [7, 11) is -4.08. The number of anilines is 1. The Bertz CT molecular complexity index is 1440. The number of benzene rings is 3. The number of sulfonamides is 1. The predicted octanol–water partition coefficient (Wildman–Crippen LogP) is 6.13. The van der Waals surface area contributed by atoms with Crippen molar-refractivity contribution in [1.82, 2.24) is 10.2 Å². The molecular weight excluding hydrogens is 602 g/mol. The van der Waals surface area contributed by atoms with Crippen LogP contribution in [-0.4, -0.2) is 43.8 Å². The van der Waals surface area contributed by atoms with Crippen LogP contribution in [0.5, 0.6) is 0 Å². The lowest BCUT2D eigenvalue weighted by Crippen LogP contribution is -2.53. The van der Waals surface area contributed by atoms with Gasteiger partial charge in [0.2, 0.25) is 11.8 Å². The third-order valence-electron chi connectivity index (χ3n) is 7.59. The average Bonchev–Trinajstić information content (AvgIpc) is 2.96. The summed E-state index contributed by atoms with van der Waals surface area (Å²) >= 11 is 3.44. The number of rotatable bonds is 10. The lowest BCUT2D eigenvalue weighted by molar-refractivity contribution is -0.139. The summed E-state index contributed by atoms with van der Waals surface area (Å²) in [6.45, 7) is 5.23. The number of nitrogens with one attached hydrogen (secondary N) is 1. The van der Waals surface area contributed by atoms with Crippen molar-refractivity contribution in [3.05, 3.63) is 94.0 Å². The van der Waals surface area contributed by atoms with Gasteiger partial charge in [-0.1, -0.05) is 82.7 Å². The van der Waals surface area contributed by atoms with Gasteiger partial charge in [0.25, 0.3) is 10.0 Å². The van der Waals surface area contributed by atoms with Crippen molar-refractivity contribution in [2.24, 2.45) is 0 Å². The van der Waals surface area contributed by atoms with E-state index in [0.717, 1.165) is 51.2 Å². The van der Waals surface area contributed by atoms with Gasteiger partial charge in [0.15, 0.2) is 0 Å². The van der Waals surface area contributed by atoms with Crippen LogP contribution in [0.2, 0.25) is 0 Å². The first-order valence-electron chi connectivity index (χ1n) is 14.0. The molecular formula is C32H38BrN3O4S. The molecule has 0 bridgehead atoms. The number of aryl methyl sites for hydroxylation is 2. The van der Waals surface area contributed by atoms with Crippen LogP contribution in [0.3, 0.4) is 0 Å². The van der Waals surface area contributed by atoms with Crippen LogP contribution in [0.4, 0.5) is 5.69 Å². The van der Waals surface area contributed by atoms with Crippen molar-refractivity contribution < 1.29 is 18.0 Å². The van der Waals surface area contributed by atoms with Gasteiger partial charge in [-0.3, -0.25) is 13.9 Å². The lowest BCUT2D eigenvalue weighted by Gasteiger charge is -2.33. The zero-order valence-corrected chi connectivity index (χ0v) is 26.2. The van der Waals surface area contributed by atoms with Crippen molar-refractivity contribution in [1.29, 1.82) is 0 Å². The molecule has 1 aliphatic carbocycles. The van der Waals surface area contributed by atoms with Gasteiger partial charge in [0.05, 0.1) is 10.6 Å². The molecule has 7 nitrogen and oxygen atoms in total. The third kappa shape index (κ3) is 7.98. The average molecular weight is 641 g/mol. The number of amides is 2. The van der Waals surface area contributed by atoms with Crippen LogP contribution in [-0.2, 0) is 26.2 Å². The van der Waals surface area contributed by atoms with Gasteiger partial charge in [0, 0.05) is 17.1 Å². The minimum atomic E-state index is -4.08. The molecule has 1 aliphatic rings. The Labute approximate surface area is 252 Å². The van der Waals surface area contributed by atoms with E-state index in [1.165, 1.54) is 11.3 Å². The topological polar surface area (TPSA) is 86.8 Å². The van der Waals surface area contributed by atoms with Gasteiger partial charge in [-0.25, -0.2) is 8.42 Å². The van der Waals surface area contributed by atoms with Crippen LogP contribution in [0.25, 0.3) is 0 Å². The molecule has 2 amide bonds. The van der Waals surface area contributed by atoms with E-state index in [1.807, 2.05) is 50.2 Å². The van der Waals surface area contributed by atoms with Crippen LogP contribution in [0.1, 0.15) is 55.7 Å². The molecule has 0 heterocycles. The van der Waals surface area contributed by atoms with E-state index in [-0.39, 0.29) is 23.4 Å². The van der Waals surface area contributed by atoms with Crippen molar-refractivity contribution in [2.75, 3.05) is 10.8 Å². The fraction of sp³-hybridized carbons (Fsp3) is 0.375. The normalized spacial score (nSPS) is 14.7. The lowest BCUT2D eigenvalue weighted by atomic mass is 9.95. The Morgan fingerprint density at radius 3 is 2.02 bits per heavy atom. The van der Waals surface area contributed by atoms with Gasteiger partial charge >= 0.3 is 0 Å². The van der Waals surface area contributed by atoms with Gasteiger partial charge in [-0.05, 0) is 75.6 Å². The predicted molar refractivity (Wildman–Crippen MR) is 166 cm³/mol. The maximum atomic E-state index is 14.1. The molecule has 0 aromatic heterocycles. The number of halogens is 1. The Morgan fingerprint density at radius 2 is 1.44 bits per heavy atom. The number of carbonyl (C=O) groups is 2. The Morgan fingerprint density at radius 1 is 0.878 bits per heavy atom. The second kappa shape index (κ2) is 13.7. The molecule has 3 aromatic rings. The van der Waals surface area contributed by atoms with E-state index in [9.17, 15) is 18.0 Å². The first kappa shape index (κ1) is 30.8. The maximum Gasteiger partial charge on any atom is 0.264 e. The van der Waals surface area contributed by atoms with Gasteiger partial charge in [-0.2, -0.15) is 0 Å². The van der Waals surface area contributed by atoms with E-state index in [1.54, 1.807) is 43.3 Å². The summed E-state index contributed by atoms with van der Waals surface area (Å²) in [6.07, 6.45) is 5.16. The van der Waals surface area contributed by atoms with E-state index in [0.29, 0.717) is 5.69 Å². The summed E-state index contributed by atoms with van der Waals surface area (Å²) < 4.78 is 29.9. The van der Waals surface area contributed by atoms with Crippen LogP contribution in [0.15, 0.2) is 82.2 Å². The molecule has 218 valence electrons. The zero-order valence-electron chi connectivity index (χ0n) is 23.8. The van der Waals surface area contributed by atoms with Crippen LogP contribution >= 0.6 is 15.9 Å². The smallest absolute Gasteiger partial charge is 0.264 e. The highest BCUT2D eigenvalue weighted by atomic mass is 79.9. The molecule has 0 aliphatic heterocycles. The molecule has 1 saturated carbocycles. The molecule has 1 fully saturated rings. The molecule has 0 radical (unpaired) electrons. The molecule has 3 aromatic carbocycles. The van der Waals surface area contributed by atoms with Gasteiger partial charge in [-0.15, -0.1) is 0 Å². The third-order valence-corrected chi connectivity index (χ3v) is 9.91. The zero-order chi connectivity index (χ0) is 29.6. The molecule has 0 unspecified atom stereocenters. The quantitative estimate of drug-likeness (QED) is 0.289. The van der Waals surface area contributed by atoms with Crippen molar-refractivity contribution in [2.45, 2.75) is 76.4 Å². The minimum absolute atomic E-state index is 0.0919. The standard InChI is InChI=1S/C32H38BrN3O4S/c1-23-9-17-29(18-10-23)36(41(39,40)30-19-11-24(2)12-20-30)22-31(37)35(21-26-13-15-27(33)16-14-26)25(3)32(38)34-28-7-5-4-6-8-28/h9-20,25,28H,4-8,21-22H2,1-3H3,(H,34,38)/t25-/m1/s1. The minimum Gasteiger partial charge on any atom is -0.352 e. The SMILES string of the molecule is Cc1ccc(N(CC(=O)N(Cc2ccc(Br)cc2)[C@H](C)C(=O)NC2CCCCC2)S(=O)(=O)c2ccc(C)cc2)cc1. The summed E-state index contributed by atoms with van der Waals surface area (Å²) in [6, 6.07) is 20.4. The first-order valence-corrected chi connectivity index (χ1v) is 16.3. The molecule has 0 spiro atoms. The number of carbonyl (C=O) groups excluding carboxylic acids is 2. The number of nitrogens with zero attached hydrogens (tertiary/aromatic N) is 2. The van der Waals surface area contributed by atoms with Crippen molar-refractivity contribution in [3.8, 4) is 0 Å². The van der Waals surface area contributed by atoms with Crippen molar-refractivity contribution >= 4 is 43.5 Å². The fourth-order valence-electron chi connectivity index (χ4n) is 5.02. The second-order valence-corrected chi connectivity index (χ2v) is 13.6. The first-order chi connectivity index (χ1) is 19.5. The molecule has 1 atom stereocenters. The van der Waals surface area contributed by atoms with E-state index < -0.39 is 28.5 Å². The van der Waals surface area contributed by atoms with Crippen LogP contribution in [0, 0.1) is 13.8 Å². The van der Waals surface area contributed by atoms with Crippen LogP contribution < -0.4 is 9.62 Å². The Hall–Kier alpha value is -3.17. The highest BCUT2D eigenvalue weighted by Crippen LogP contribution is 2.26. The molecule has 41 heavy (non-hydrogen) atoms. The monoisotopic (exact) mass is 639 g/mol. The fourth-order valence-corrected chi connectivity index (χ4v) is 6.69. The van der Waals surface area contributed by atoms with E-state index in [2.05, 4.69) is 21.2 Å². The highest BCUT2D eigenvalue weighted by molar-refractivity contribution is 9.10. The summed E-state index contributed by atoms with van der Waals surface area (Å²) in [5.41, 5.74) is 3.12. The summed E-state index contributed by atoms with van der Waals surface area (Å²) in [5, 5.41) is 3.13. The van der Waals surface area contributed by atoms with E-state index in [4.69, 9.17) is 0 Å². The Kier molecular flexibility index (Phi) is 10.3. The second-order valence-electron chi connectivity index (χ2n) is 10.8. The molecule has 1 N–H and O–H groups in total. The molecule has 0 saturated heterocycles. The number of hydrogen-bond acceptors (Lipinski definition) is 4. The Balaban J connectivity index is 1.66. The van der Waals surface area contributed by atoms with Crippen molar-refractivity contribution in [3.63, 3.8) is 0 Å². The van der Waals surface area contributed by atoms with Gasteiger partial charge < -0.3 is 10.2 Å². The largest absolute Gasteiger partial charge is 0.352 e. The van der Waals surface area contributed by atoms with E-state index >= 15 is 0 Å². The molecule has 9 heteroatoms. The molecule has 4 rings (SSSR count).